The summed E-state index contributed by atoms with van der Waals surface area (Å²) in [5.41, 5.74) is 2.04. The van der Waals surface area contributed by atoms with Crippen molar-refractivity contribution in [2.24, 2.45) is 0 Å². The zero-order valence-electron chi connectivity index (χ0n) is 11.2. The molecule has 0 atom stereocenters. The van der Waals surface area contributed by atoms with E-state index in [1.165, 1.54) is 37.7 Å². The van der Waals surface area contributed by atoms with Crippen LogP contribution >= 0.6 is 0 Å². The molecule has 1 aromatic rings. The summed E-state index contributed by atoms with van der Waals surface area (Å²) in [5.74, 6) is 0. The van der Waals surface area contributed by atoms with Crippen LogP contribution in [0.25, 0.3) is 0 Å². The van der Waals surface area contributed by atoms with Gasteiger partial charge in [0.2, 0.25) is 0 Å². The second-order valence-electron chi connectivity index (χ2n) is 5.17. The van der Waals surface area contributed by atoms with E-state index < -0.39 is 0 Å². The molecule has 2 heteroatoms. The second-order valence-corrected chi connectivity index (χ2v) is 5.17. The summed E-state index contributed by atoms with van der Waals surface area (Å²) in [5, 5.41) is 8.94. The maximum atomic E-state index is 8.94. The van der Waals surface area contributed by atoms with E-state index in [1.54, 1.807) is 0 Å². The van der Waals surface area contributed by atoms with E-state index in [0.29, 0.717) is 0 Å². The number of nitriles is 1. The maximum Gasteiger partial charge on any atom is 0.0991 e. The van der Waals surface area contributed by atoms with Gasteiger partial charge in [-0.3, -0.25) is 4.90 Å². The molecule has 2 rings (SSSR count). The summed E-state index contributed by atoms with van der Waals surface area (Å²) in [6.45, 7) is 4.32. The van der Waals surface area contributed by atoms with Gasteiger partial charge in [-0.2, -0.15) is 5.26 Å². The minimum atomic E-state index is 0.745. The lowest BCUT2D eigenvalue weighted by Crippen LogP contribution is -2.36. The molecular formula is C16H22N2. The average Bonchev–Trinajstić information content (AvgIpc) is 2.46. The smallest absolute Gasteiger partial charge is 0.0991 e. The first-order valence-corrected chi connectivity index (χ1v) is 7.06. The molecule has 0 amide bonds. The normalized spacial score (nSPS) is 16.7. The number of rotatable bonds is 4. The van der Waals surface area contributed by atoms with Crippen LogP contribution in [-0.2, 0) is 6.54 Å². The van der Waals surface area contributed by atoms with Gasteiger partial charge in [0.15, 0.2) is 0 Å². The third-order valence-electron chi connectivity index (χ3n) is 3.94. The standard InChI is InChI=1S/C16H22N2/c1-2-18(16-9-4-3-5-10-16)13-15-8-6-7-14(11-15)12-17/h6-8,11,16H,2-5,9-10,13H2,1H3. The first-order valence-electron chi connectivity index (χ1n) is 7.06. The van der Waals surface area contributed by atoms with Crippen LogP contribution in [-0.4, -0.2) is 17.5 Å². The van der Waals surface area contributed by atoms with Crippen LogP contribution in [0.4, 0.5) is 0 Å². The van der Waals surface area contributed by atoms with E-state index in [-0.39, 0.29) is 0 Å². The van der Waals surface area contributed by atoms with Crippen molar-refractivity contribution >= 4 is 0 Å². The summed E-state index contributed by atoms with van der Waals surface area (Å²) in [6.07, 6.45) is 6.83. The highest BCUT2D eigenvalue weighted by Gasteiger charge is 2.19. The predicted molar refractivity (Wildman–Crippen MR) is 74.1 cm³/mol. The van der Waals surface area contributed by atoms with E-state index in [4.69, 9.17) is 5.26 Å². The molecule has 96 valence electrons. The van der Waals surface area contributed by atoms with Crippen LogP contribution in [0.5, 0.6) is 0 Å². The largest absolute Gasteiger partial charge is 0.296 e. The molecule has 0 spiro atoms. The van der Waals surface area contributed by atoms with Gasteiger partial charge in [-0.05, 0) is 37.1 Å². The molecule has 1 aliphatic rings. The van der Waals surface area contributed by atoms with Crippen LogP contribution in [0.3, 0.4) is 0 Å². The number of hydrogen-bond acceptors (Lipinski definition) is 2. The molecule has 0 unspecified atom stereocenters. The van der Waals surface area contributed by atoms with Gasteiger partial charge < -0.3 is 0 Å². The van der Waals surface area contributed by atoms with E-state index in [0.717, 1.165) is 24.7 Å². The highest BCUT2D eigenvalue weighted by atomic mass is 15.1. The molecule has 1 saturated carbocycles. The molecule has 0 aromatic heterocycles. The SMILES string of the molecule is CCN(Cc1cccc(C#N)c1)C1CCCCC1. The van der Waals surface area contributed by atoms with Crippen LogP contribution in [0.15, 0.2) is 24.3 Å². The molecule has 2 nitrogen and oxygen atoms in total. The fourth-order valence-corrected chi connectivity index (χ4v) is 2.92. The summed E-state index contributed by atoms with van der Waals surface area (Å²) in [4.78, 5) is 2.57. The van der Waals surface area contributed by atoms with Gasteiger partial charge in [0.05, 0.1) is 11.6 Å². The van der Waals surface area contributed by atoms with Crippen molar-refractivity contribution < 1.29 is 0 Å². The third-order valence-corrected chi connectivity index (χ3v) is 3.94. The first kappa shape index (κ1) is 13.1. The number of hydrogen-bond donors (Lipinski definition) is 0. The van der Waals surface area contributed by atoms with Crippen LogP contribution < -0.4 is 0 Å². The highest BCUT2D eigenvalue weighted by molar-refractivity contribution is 5.32. The lowest BCUT2D eigenvalue weighted by atomic mass is 9.94. The van der Waals surface area contributed by atoms with Gasteiger partial charge in [-0.25, -0.2) is 0 Å². The fraction of sp³-hybridized carbons (Fsp3) is 0.562. The predicted octanol–water partition coefficient (Wildman–Crippen LogP) is 3.71. The first-order chi connectivity index (χ1) is 8.83. The molecule has 0 radical (unpaired) electrons. The quantitative estimate of drug-likeness (QED) is 0.804. The van der Waals surface area contributed by atoms with Crippen molar-refractivity contribution in [2.75, 3.05) is 6.54 Å². The van der Waals surface area contributed by atoms with Crippen molar-refractivity contribution in [1.82, 2.24) is 4.90 Å². The Bertz CT molecular complexity index is 413. The molecule has 1 aliphatic carbocycles. The molecular weight excluding hydrogens is 220 g/mol. The molecule has 1 fully saturated rings. The monoisotopic (exact) mass is 242 g/mol. The summed E-state index contributed by atoms with van der Waals surface area (Å²) in [7, 11) is 0. The zero-order chi connectivity index (χ0) is 12.8. The average molecular weight is 242 g/mol. The Morgan fingerprint density at radius 1 is 1.28 bits per heavy atom. The van der Waals surface area contributed by atoms with Crippen molar-refractivity contribution in [3.05, 3.63) is 35.4 Å². The number of nitrogens with zero attached hydrogens (tertiary/aromatic N) is 2. The van der Waals surface area contributed by atoms with E-state index in [1.807, 2.05) is 18.2 Å². The lowest BCUT2D eigenvalue weighted by Gasteiger charge is -2.33. The summed E-state index contributed by atoms with van der Waals surface area (Å²) < 4.78 is 0. The lowest BCUT2D eigenvalue weighted by molar-refractivity contribution is 0.156. The zero-order valence-corrected chi connectivity index (χ0v) is 11.2. The molecule has 0 heterocycles. The molecule has 0 N–H and O–H groups in total. The Labute approximate surface area is 110 Å². The Morgan fingerprint density at radius 3 is 2.72 bits per heavy atom. The van der Waals surface area contributed by atoms with Gasteiger partial charge in [-0.1, -0.05) is 38.3 Å². The van der Waals surface area contributed by atoms with Crippen LogP contribution in [0.1, 0.15) is 50.2 Å². The fourth-order valence-electron chi connectivity index (χ4n) is 2.92. The number of benzene rings is 1. The van der Waals surface area contributed by atoms with Crippen LogP contribution in [0.2, 0.25) is 0 Å². The van der Waals surface area contributed by atoms with Gasteiger partial charge in [0.1, 0.15) is 0 Å². The molecule has 1 aromatic carbocycles. The van der Waals surface area contributed by atoms with Gasteiger partial charge in [0, 0.05) is 12.6 Å². The van der Waals surface area contributed by atoms with Gasteiger partial charge in [0.25, 0.3) is 0 Å². The van der Waals surface area contributed by atoms with Crippen molar-refractivity contribution in [3.63, 3.8) is 0 Å². The second kappa shape index (κ2) is 6.56. The van der Waals surface area contributed by atoms with Crippen molar-refractivity contribution in [1.29, 1.82) is 5.26 Å². The molecule has 0 aliphatic heterocycles. The minimum absolute atomic E-state index is 0.745. The Balaban J connectivity index is 2.02. The third kappa shape index (κ3) is 3.34. The van der Waals surface area contributed by atoms with Crippen molar-refractivity contribution in [2.45, 2.75) is 51.6 Å². The van der Waals surface area contributed by atoms with Crippen molar-refractivity contribution in [3.8, 4) is 6.07 Å². The van der Waals surface area contributed by atoms with Gasteiger partial charge in [-0.15, -0.1) is 0 Å². The van der Waals surface area contributed by atoms with E-state index in [2.05, 4.69) is 24.0 Å². The molecule has 0 saturated heterocycles. The minimum Gasteiger partial charge on any atom is -0.296 e. The van der Waals surface area contributed by atoms with Crippen LogP contribution in [0, 0.1) is 11.3 Å². The van der Waals surface area contributed by atoms with E-state index >= 15 is 0 Å². The molecule has 0 bridgehead atoms. The maximum absolute atomic E-state index is 8.94. The summed E-state index contributed by atoms with van der Waals surface area (Å²) in [6, 6.07) is 11.0. The summed E-state index contributed by atoms with van der Waals surface area (Å²) >= 11 is 0. The topological polar surface area (TPSA) is 27.0 Å². The molecule has 18 heavy (non-hydrogen) atoms. The Morgan fingerprint density at radius 2 is 2.06 bits per heavy atom. The van der Waals surface area contributed by atoms with Gasteiger partial charge >= 0.3 is 0 Å². The Hall–Kier alpha value is -1.33. The highest BCUT2D eigenvalue weighted by Crippen LogP contribution is 2.23. The Kier molecular flexibility index (Phi) is 4.78. The van der Waals surface area contributed by atoms with E-state index in [9.17, 15) is 0 Å².